The zero-order valence-corrected chi connectivity index (χ0v) is 10.3. The van der Waals surface area contributed by atoms with Gasteiger partial charge in [0.25, 0.3) is 0 Å². The molecule has 0 aliphatic carbocycles. The maximum Gasteiger partial charge on any atom is 0.339 e. The van der Waals surface area contributed by atoms with Crippen LogP contribution in [0.5, 0.6) is 0 Å². The van der Waals surface area contributed by atoms with Gasteiger partial charge in [-0.05, 0) is 12.0 Å². The van der Waals surface area contributed by atoms with Crippen molar-refractivity contribution in [2.75, 3.05) is 5.75 Å². The molecule has 2 atom stereocenters. The minimum atomic E-state index is -1.06. The zero-order valence-electron chi connectivity index (χ0n) is 9.43. The Morgan fingerprint density at radius 1 is 1.62 bits per heavy atom. The molecule has 1 rings (SSSR count). The molecule has 2 unspecified atom stereocenters. The van der Waals surface area contributed by atoms with Gasteiger partial charge in [-0.1, -0.05) is 20.3 Å². The molecular weight excluding hydrogens is 228 g/mol. The second-order valence-corrected chi connectivity index (χ2v) is 5.33. The third-order valence-electron chi connectivity index (χ3n) is 2.44. The quantitative estimate of drug-likeness (QED) is 0.833. The number of furan rings is 1. The van der Waals surface area contributed by atoms with Crippen LogP contribution in [0.1, 0.15) is 36.4 Å². The van der Waals surface area contributed by atoms with Gasteiger partial charge in [-0.25, -0.2) is 4.79 Å². The highest BCUT2D eigenvalue weighted by Crippen LogP contribution is 2.14. The van der Waals surface area contributed by atoms with E-state index >= 15 is 0 Å². The predicted octanol–water partition coefficient (Wildman–Crippen LogP) is 2.27. The summed E-state index contributed by atoms with van der Waals surface area (Å²) in [5, 5.41) is 8.84. The van der Waals surface area contributed by atoms with Crippen LogP contribution in [0, 0.1) is 5.92 Å². The zero-order chi connectivity index (χ0) is 12.1. The van der Waals surface area contributed by atoms with Gasteiger partial charge in [0.15, 0.2) is 0 Å². The standard InChI is InChI=1S/C11H16O4S/c1-3-8(2)6-16(14)7-10-9(11(12)13)4-5-15-10/h4-5,8H,3,6-7H2,1-2H3,(H,12,13). The molecule has 0 spiro atoms. The van der Waals surface area contributed by atoms with E-state index in [0.717, 1.165) is 6.42 Å². The summed E-state index contributed by atoms with van der Waals surface area (Å²) in [6.45, 7) is 4.07. The molecule has 0 aliphatic heterocycles. The second-order valence-electron chi connectivity index (χ2n) is 3.83. The Kier molecular flexibility index (Phi) is 4.73. The summed E-state index contributed by atoms with van der Waals surface area (Å²) < 4.78 is 16.8. The highest BCUT2D eigenvalue weighted by molar-refractivity contribution is 7.84. The number of carboxylic acid groups (broad SMARTS) is 1. The fourth-order valence-corrected chi connectivity index (χ4v) is 2.79. The highest BCUT2D eigenvalue weighted by atomic mass is 32.2. The van der Waals surface area contributed by atoms with E-state index in [9.17, 15) is 9.00 Å². The highest BCUT2D eigenvalue weighted by Gasteiger charge is 2.16. The van der Waals surface area contributed by atoms with E-state index in [0.29, 0.717) is 17.4 Å². The van der Waals surface area contributed by atoms with E-state index in [-0.39, 0.29) is 11.3 Å². The van der Waals surface area contributed by atoms with Crippen molar-refractivity contribution in [3.63, 3.8) is 0 Å². The monoisotopic (exact) mass is 244 g/mol. The first-order valence-corrected chi connectivity index (χ1v) is 6.68. The molecule has 1 aromatic heterocycles. The summed E-state index contributed by atoms with van der Waals surface area (Å²) in [5.41, 5.74) is 0.109. The molecule has 4 nitrogen and oxygen atoms in total. The van der Waals surface area contributed by atoms with Crippen LogP contribution in [0.4, 0.5) is 0 Å². The van der Waals surface area contributed by atoms with Crippen LogP contribution in [-0.2, 0) is 16.6 Å². The predicted molar refractivity (Wildman–Crippen MR) is 61.8 cm³/mol. The molecule has 0 fully saturated rings. The molecule has 0 saturated carbocycles. The maximum atomic E-state index is 11.7. The van der Waals surface area contributed by atoms with Gasteiger partial charge in [-0.15, -0.1) is 0 Å². The van der Waals surface area contributed by atoms with Crippen LogP contribution < -0.4 is 0 Å². The lowest BCUT2D eigenvalue weighted by Crippen LogP contribution is -2.10. The van der Waals surface area contributed by atoms with E-state index < -0.39 is 16.8 Å². The van der Waals surface area contributed by atoms with E-state index in [2.05, 4.69) is 0 Å². The van der Waals surface area contributed by atoms with E-state index in [1.807, 2.05) is 13.8 Å². The fourth-order valence-electron chi connectivity index (χ4n) is 1.28. The van der Waals surface area contributed by atoms with Crippen LogP contribution in [-0.4, -0.2) is 21.0 Å². The molecule has 1 heterocycles. The SMILES string of the molecule is CCC(C)CS(=O)Cc1occc1C(=O)O. The van der Waals surface area contributed by atoms with Crippen molar-refractivity contribution < 1.29 is 18.5 Å². The summed E-state index contributed by atoms with van der Waals surface area (Å²) in [6.07, 6.45) is 2.29. The molecule has 0 amide bonds. The number of aromatic carboxylic acids is 1. The molecule has 0 aliphatic rings. The minimum absolute atomic E-state index is 0.109. The lowest BCUT2D eigenvalue weighted by Gasteiger charge is -2.07. The van der Waals surface area contributed by atoms with Gasteiger partial charge in [-0.3, -0.25) is 4.21 Å². The van der Waals surface area contributed by atoms with Crippen molar-refractivity contribution in [1.82, 2.24) is 0 Å². The van der Waals surface area contributed by atoms with Gasteiger partial charge in [0.2, 0.25) is 0 Å². The largest absolute Gasteiger partial charge is 0.478 e. The minimum Gasteiger partial charge on any atom is -0.478 e. The Morgan fingerprint density at radius 2 is 2.31 bits per heavy atom. The summed E-state index contributed by atoms with van der Waals surface area (Å²) in [5.74, 6) is 0.400. The number of hydrogen-bond acceptors (Lipinski definition) is 3. The van der Waals surface area contributed by atoms with Crippen molar-refractivity contribution in [3.8, 4) is 0 Å². The topological polar surface area (TPSA) is 67.5 Å². The van der Waals surface area contributed by atoms with Crippen LogP contribution >= 0.6 is 0 Å². The molecule has 1 N–H and O–H groups in total. The number of carboxylic acids is 1. The van der Waals surface area contributed by atoms with Crippen LogP contribution in [0.2, 0.25) is 0 Å². The molecule has 16 heavy (non-hydrogen) atoms. The molecule has 0 bridgehead atoms. The normalized spacial score (nSPS) is 14.6. The van der Waals surface area contributed by atoms with Crippen molar-refractivity contribution in [2.45, 2.75) is 26.0 Å². The molecule has 5 heteroatoms. The third-order valence-corrected chi connectivity index (χ3v) is 3.96. The molecule has 90 valence electrons. The Labute approximate surface area is 97.1 Å². The van der Waals surface area contributed by atoms with Gasteiger partial charge in [0, 0.05) is 16.6 Å². The Bertz CT molecular complexity index is 383. The average molecular weight is 244 g/mol. The Hall–Kier alpha value is -1.10. The van der Waals surface area contributed by atoms with Crippen molar-refractivity contribution in [2.24, 2.45) is 5.92 Å². The van der Waals surface area contributed by atoms with Gasteiger partial charge in [0.05, 0.1) is 12.0 Å². The molecule has 0 radical (unpaired) electrons. The summed E-state index contributed by atoms with van der Waals surface area (Å²) in [7, 11) is -1.06. The van der Waals surface area contributed by atoms with Crippen molar-refractivity contribution >= 4 is 16.8 Å². The van der Waals surface area contributed by atoms with Gasteiger partial charge < -0.3 is 9.52 Å². The first-order chi connectivity index (χ1) is 7.54. The number of hydrogen-bond donors (Lipinski definition) is 1. The van der Waals surface area contributed by atoms with Gasteiger partial charge in [0.1, 0.15) is 11.3 Å². The number of rotatable bonds is 6. The van der Waals surface area contributed by atoms with Crippen LogP contribution in [0.3, 0.4) is 0 Å². The summed E-state index contributed by atoms with van der Waals surface area (Å²) >= 11 is 0. The summed E-state index contributed by atoms with van der Waals surface area (Å²) in [6, 6.07) is 1.39. The molecule has 0 aromatic carbocycles. The Balaban J connectivity index is 2.63. The van der Waals surface area contributed by atoms with Crippen molar-refractivity contribution in [3.05, 3.63) is 23.7 Å². The second kappa shape index (κ2) is 5.84. The van der Waals surface area contributed by atoms with E-state index in [1.165, 1.54) is 12.3 Å². The summed E-state index contributed by atoms with van der Waals surface area (Å²) in [4.78, 5) is 10.8. The lowest BCUT2D eigenvalue weighted by molar-refractivity contribution is 0.0695. The Morgan fingerprint density at radius 3 is 2.88 bits per heavy atom. The number of carbonyl (C=O) groups is 1. The first-order valence-electron chi connectivity index (χ1n) is 5.19. The first kappa shape index (κ1) is 13.0. The lowest BCUT2D eigenvalue weighted by atomic mass is 10.2. The maximum absolute atomic E-state index is 11.7. The molecular formula is C11H16O4S. The fraction of sp³-hybridized carbons (Fsp3) is 0.545. The van der Waals surface area contributed by atoms with Crippen LogP contribution in [0.25, 0.3) is 0 Å². The van der Waals surface area contributed by atoms with Gasteiger partial charge >= 0.3 is 5.97 Å². The van der Waals surface area contributed by atoms with E-state index in [4.69, 9.17) is 9.52 Å². The van der Waals surface area contributed by atoms with Crippen LogP contribution in [0.15, 0.2) is 16.7 Å². The molecule has 0 saturated heterocycles. The van der Waals surface area contributed by atoms with Crippen molar-refractivity contribution in [1.29, 1.82) is 0 Å². The average Bonchev–Trinajstić information content (AvgIpc) is 2.65. The van der Waals surface area contributed by atoms with E-state index in [1.54, 1.807) is 0 Å². The van der Waals surface area contributed by atoms with Gasteiger partial charge in [-0.2, -0.15) is 0 Å². The smallest absolute Gasteiger partial charge is 0.339 e. The third kappa shape index (κ3) is 3.48. The molecule has 1 aromatic rings.